The number of hydrogen-bond donors (Lipinski definition) is 1. The van der Waals surface area contributed by atoms with Crippen molar-refractivity contribution < 1.29 is 9.59 Å². The first-order valence-corrected chi connectivity index (χ1v) is 11.2. The Balaban J connectivity index is 1.62. The molecule has 2 amide bonds. The van der Waals surface area contributed by atoms with Gasteiger partial charge in [0, 0.05) is 42.9 Å². The van der Waals surface area contributed by atoms with Gasteiger partial charge in [-0.2, -0.15) is 0 Å². The van der Waals surface area contributed by atoms with E-state index in [0.717, 1.165) is 29.1 Å². The van der Waals surface area contributed by atoms with E-state index in [1.807, 2.05) is 34.5 Å². The third-order valence-electron chi connectivity index (χ3n) is 5.42. The minimum absolute atomic E-state index is 0.0667. The van der Waals surface area contributed by atoms with Gasteiger partial charge in [-0.15, -0.1) is 23.7 Å². The van der Waals surface area contributed by atoms with Gasteiger partial charge in [-0.05, 0) is 29.9 Å². The monoisotopic (exact) mass is 423 g/mol. The molecule has 0 unspecified atom stereocenters. The molecule has 0 aliphatic carbocycles. The Bertz CT molecular complexity index is 944. The van der Waals surface area contributed by atoms with Gasteiger partial charge in [0.05, 0.1) is 5.01 Å². The number of thiazole rings is 1. The number of rotatable bonds is 5. The molecule has 1 N–H and O–H groups in total. The number of anilines is 1. The molecule has 0 atom stereocenters. The summed E-state index contributed by atoms with van der Waals surface area (Å²) in [5, 5.41) is 5.83. The number of terminal acetylenes is 1. The Hall–Kier alpha value is -2.65. The SMILES string of the molecule is C#CCCC(=O)N1CCC(c2nc(C(=O)Nc3ccccc3C(C)(C)C)cs2)CC1. The van der Waals surface area contributed by atoms with Crippen LogP contribution in [0.4, 0.5) is 5.69 Å². The van der Waals surface area contributed by atoms with Gasteiger partial charge in [-0.25, -0.2) is 4.98 Å². The van der Waals surface area contributed by atoms with Crippen molar-refractivity contribution in [2.24, 2.45) is 0 Å². The first-order chi connectivity index (χ1) is 14.3. The number of carbonyl (C=O) groups is 2. The van der Waals surface area contributed by atoms with E-state index in [-0.39, 0.29) is 23.1 Å². The lowest BCUT2D eigenvalue weighted by molar-refractivity contribution is -0.132. The third kappa shape index (κ3) is 5.28. The number of para-hydroxylation sites is 1. The summed E-state index contributed by atoms with van der Waals surface area (Å²) in [6.07, 6.45) is 7.88. The fourth-order valence-corrected chi connectivity index (χ4v) is 4.70. The Kier molecular flexibility index (Phi) is 6.94. The minimum Gasteiger partial charge on any atom is -0.343 e. The van der Waals surface area contributed by atoms with E-state index in [1.54, 1.807) is 0 Å². The number of aromatic nitrogens is 1. The average Bonchev–Trinajstić information content (AvgIpc) is 3.22. The lowest BCUT2D eigenvalue weighted by Crippen LogP contribution is -2.37. The molecule has 5 nitrogen and oxygen atoms in total. The Labute approximate surface area is 182 Å². The molecule has 0 bridgehead atoms. The van der Waals surface area contributed by atoms with Crippen LogP contribution in [0.5, 0.6) is 0 Å². The second kappa shape index (κ2) is 9.44. The fourth-order valence-electron chi connectivity index (χ4n) is 3.72. The highest BCUT2D eigenvalue weighted by molar-refractivity contribution is 7.10. The van der Waals surface area contributed by atoms with E-state index in [9.17, 15) is 9.59 Å². The molecule has 6 heteroatoms. The molecule has 1 aliphatic rings. The van der Waals surface area contributed by atoms with Gasteiger partial charge in [-0.1, -0.05) is 39.0 Å². The summed E-state index contributed by atoms with van der Waals surface area (Å²) >= 11 is 1.53. The van der Waals surface area contributed by atoms with Gasteiger partial charge in [0.15, 0.2) is 0 Å². The van der Waals surface area contributed by atoms with Gasteiger partial charge in [0.25, 0.3) is 5.91 Å². The van der Waals surface area contributed by atoms with E-state index in [4.69, 9.17) is 6.42 Å². The number of amides is 2. The Morgan fingerprint density at radius 1 is 1.27 bits per heavy atom. The number of piperidine rings is 1. The van der Waals surface area contributed by atoms with Crippen LogP contribution in [0.3, 0.4) is 0 Å². The van der Waals surface area contributed by atoms with Crippen LogP contribution in [0.1, 0.15) is 73.4 Å². The van der Waals surface area contributed by atoms with Gasteiger partial charge in [0.2, 0.25) is 5.91 Å². The molecule has 1 aromatic heterocycles. The van der Waals surface area contributed by atoms with Crippen LogP contribution in [0.15, 0.2) is 29.6 Å². The number of nitrogens with one attached hydrogen (secondary N) is 1. The molecular weight excluding hydrogens is 394 g/mol. The largest absolute Gasteiger partial charge is 0.343 e. The molecule has 30 heavy (non-hydrogen) atoms. The first-order valence-electron chi connectivity index (χ1n) is 10.4. The second-order valence-corrected chi connectivity index (χ2v) is 9.57. The summed E-state index contributed by atoms with van der Waals surface area (Å²) in [5.41, 5.74) is 2.30. The summed E-state index contributed by atoms with van der Waals surface area (Å²) in [5.74, 6) is 2.75. The molecule has 0 saturated carbocycles. The summed E-state index contributed by atoms with van der Waals surface area (Å²) < 4.78 is 0. The van der Waals surface area contributed by atoms with Crippen molar-refractivity contribution in [2.45, 2.75) is 57.8 Å². The molecule has 1 saturated heterocycles. The highest BCUT2D eigenvalue weighted by atomic mass is 32.1. The van der Waals surface area contributed by atoms with Gasteiger partial charge in [0.1, 0.15) is 5.69 Å². The van der Waals surface area contributed by atoms with Gasteiger partial charge < -0.3 is 10.2 Å². The zero-order valence-corrected chi connectivity index (χ0v) is 18.7. The quantitative estimate of drug-likeness (QED) is 0.702. The molecule has 2 aromatic rings. The van der Waals surface area contributed by atoms with E-state index in [1.165, 1.54) is 11.3 Å². The van der Waals surface area contributed by atoms with Crippen LogP contribution < -0.4 is 5.32 Å². The molecule has 0 spiro atoms. The van der Waals surface area contributed by atoms with Crippen molar-refractivity contribution in [1.82, 2.24) is 9.88 Å². The molecule has 1 aliphatic heterocycles. The van der Waals surface area contributed by atoms with E-state index in [2.05, 4.69) is 37.0 Å². The van der Waals surface area contributed by atoms with Gasteiger partial charge in [-0.3, -0.25) is 9.59 Å². The molecule has 2 heterocycles. The first kappa shape index (κ1) is 22.0. The number of benzene rings is 1. The number of likely N-dealkylation sites (tertiary alicyclic amines) is 1. The topological polar surface area (TPSA) is 62.3 Å². The predicted octanol–water partition coefficient (Wildman–Crippen LogP) is 4.81. The highest BCUT2D eigenvalue weighted by Crippen LogP contribution is 2.32. The van der Waals surface area contributed by atoms with Crippen molar-refractivity contribution in [3.05, 3.63) is 45.9 Å². The molecule has 0 radical (unpaired) electrons. The second-order valence-electron chi connectivity index (χ2n) is 8.68. The summed E-state index contributed by atoms with van der Waals surface area (Å²) in [7, 11) is 0. The molecule has 3 rings (SSSR count). The maximum atomic E-state index is 12.8. The van der Waals surface area contributed by atoms with Crippen molar-refractivity contribution >= 4 is 28.8 Å². The lowest BCUT2D eigenvalue weighted by Gasteiger charge is -2.31. The Morgan fingerprint density at radius 2 is 1.97 bits per heavy atom. The third-order valence-corrected chi connectivity index (χ3v) is 6.43. The highest BCUT2D eigenvalue weighted by Gasteiger charge is 2.26. The van der Waals surface area contributed by atoms with E-state index >= 15 is 0 Å². The standard InChI is InChI=1S/C24H29N3O2S/c1-5-6-11-21(28)27-14-12-17(13-15-27)23-26-20(16-30-23)22(29)25-19-10-8-7-9-18(19)24(2,3)4/h1,7-10,16-17H,6,11-15H2,2-4H3,(H,25,29). The van der Waals surface area contributed by atoms with Crippen LogP contribution in [0, 0.1) is 12.3 Å². The van der Waals surface area contributed by atoms with Crippen LogP contribution >= 0.6 is 11.3 Å². The fraction of sp³-hybridized carbons (Fsp3) is 0.458. The number of nitrogens with zero attached hydrogens (tertiary/aromatic N) is 2. The average molecular weight is 424 g/mol. The van der Waals surface area contributed by atoms with E-state index < -0.39 is 0 Å². The maximum Gasteiger partial charge on any atom is 0.275 e. The van der Waals surface area contributed by atoms with Crippen LogP contribution in [-0.2, 0) is 10.2 Å². The molecule has 1 fully saturated rings. The van der Waals surface area contributed by atoms with Crippen molar-refractivity contribution in [1.29, 1.82) is 0 Å². The predicted molar refractivity (Wildman–Crippen MR) is 122 cm³/mol. The normalized spacial score (nSPS) is 14.9. The maximum absolute atomic E-state index is 12.8. The van der Waals surface area contributed by atoms with Crippen LogP contribution in [0.25, 0.3) is 0 Å². The van der Waals surface area contributed by atoms with Gasteiger partial charge >= 0.3 is 0 Å². The summed E-state index contributed by atoms with van der Waals surface area (Å²) in [4.78, 5) is 31.4. The molecular formula is C24H29N3O2S. The lowest BCUT2D eigenvalue weighted by atomic mass is 9.86. The number of hydrogen-bond acceptors (Lipinski definition) is 4. The smallest absolute Gasteiger partial charge is 0.275 e. The number of carbonyl (C=O) groups excluding carboxylic acids is 2. The summed E-state index contributed by atoms with van der Waals surface area (Å²) in [6, 6.07) is 7.89. The van der Waals surface area contributed by atoms with Crippen LogP contribution in [0.2, 0.25) is 0 Å². The Morgan fingerprint density at radius 3 is 2.63 bits per heavy atom. The zero-order chi connectivity index (χ0) is 21.7. The molecule has 158 valence electrons. The van der Waals surface area contributed by atoms with E-state index in [0.29, 0.717) is 31.6 Å². The minimum atomic E-state index is -0.184. The van der Waals surface area contributed by atoms with Crippen LogP contribution in [-0.4, -0.2) is 34.8 Å². The van der Waals surface area contributed by atoms with Crippen molar-refractivity contribution in [3.8, 4) is 12.3 Å². The zero-order valence-electron chi connectivity index (χ0n) is 17.9. The molecule has 1 aromatic carbocycles. The van der Waals surface area contributed by atoms with Crippen molar-refractivity contribution in [2.75, 3.05) is 18.4 Å². The summed E-state index contributed by atoms with van der Waals surface area (Å²) in [6.45, 7) is 7.82. The van der Waals surface area contributed by atoms with Crippen molar-refractivity contribution in [3.63, 3.8) is 0 Å².